The summed E-state index contributed by atoms with van der Waals surface area (Å²) < 4.78 is 6.87. The van der Waals surface area contributed by atoms with E-state index in [-0.39, 0.29) is 18.0 Å². The average molecular weight is 395 g/mol. The van der Waals surface area contributed by atoms with Crippen LogP contribution in [0.2, 0.25) is 0 Å². The Morgan fingerprint density at radius 3 is 2.57 bits per heavy atom. The summed E-state index contributed by atoms with van der Waals surface area (Å²) in [5.74, 6) is -0.179. The number of anilines is 1. The van der Waals surface area contributed by atoms with Crippen molar-refractivity contribution in [1.29, 1.82) is 0 Å². The van der Waals surface area contributed by atoms with Crippen molar-refractivity contribution in [3.63, 3.8) is 0 Å². The molecular weight excluding hydrogens is 378 g/mol. The molecule has 1 aromatic carbocycles. The fourth-order valence-corrected chi connectivity index (χ4v) is 3.61. The Balaban J connectivity index is 1.41. The van der Waals surface area contributed by atoms with Gasteiger partial charge < -0.3 is 10.1 Å². The van der Waals surface area contributed by atoms with Crippen LogP contribution in [0, 0.1) is 0 Å². The quantitative estimate of drug-likeness (QED) is 0.720. The van der Waals surface area contributed by atoms with Gasteiger partial charge in [-0.2, -0.15) is 0 Å². The van der Waals surface area contributed by atoms with E-state index in [0.717, 1.165) is 0 Å². The minimum atomic E-state index is -0.458. The van der Waals surface area contributed by atoms with Gasteiger partial charge in [0.05, 0.1) is 18.0 Å². The van der Waals surface area contributed by atoms with Crippen LogP contribution in [0.5, 0.6) is 0 Å². The highest BCUT2D eigenvalue weighted by atomic mass is 32.1. The van der Waals surface area contributed by atoms with Crippen molar-refractivity contribution >= 4 is 29.0 Å². The molecule has 142 valence electrons. The van der Waals surface area contributed by atoms with Crippen molar-refractivity contribution in [2.45, 2.75) is 6.10 Å². The smallest absolute Gasteiger partial charge is 0.414 e. The molecule has 0 radical (unpaired) electrons. The number of ether oxygens (including phenoxy) is 1. The van der Waals surface area contributed by atoms with E-state index < -0.39 is 12.2 Å². The summed E-state index contributed by atoms with van der Waals surface area (Å²) in [6.07, 6.45) is 0.807. The van der Waals surface area contributed by atoms with Gasteiger partial charge in [-0.15, -0.1) is 11.3 Å². The highest BCUT2D eigenvalue weighted by molar-refractivity contribution is 7.12. The lowest BCUT2D eigenvalue weighted by Gasteiger charge is -2.14. The molecule has 1 saturated heterocycles. The van der Waals surface area contributed by atoms with Gasteiger partial charge in [0, 0.05) is 23.6 Å². The standard InChI is InChI=1S/C20H17N3O4S/c24-18-5-1-2-10-22(18)14-6-8-15(9-7-14)23-13-16(27-20(23)26)12-21-19(25)17-4-3-11-28-17/h1-11,16H,12-13H2,(H,21,25). The van der Waals surface area contributed by atoms with Crippen LogP contribution in [-0.2, 0) is 4.74 Å². The summed E-state index contributed by atoms with van der Waals surface area (Å²) in [7, 11) is 0. The lowest BCUT2D eigenvalue weighted by molar-refractivity contribution is 0.0920. The number of thiophene rings is 1. The van der Waals surface area contributed by atoms with Crippen molar-refractivity contribution < 1.29 is 14.3 Å². The van der Waals surface area contributed by atoms with Gasteiger partial charge in [-0.3, -0.25) is 19.1 Å². The van der Waals surface area contributed by atoms with Crippen molar-refractivity contribution in [2.24, 2.45) is 0 Å². The van der Waals surface area contributed by atoms with E-state index in [1.165, 1.54) is 26.9 Å². The molecule has 7 nitrogen and oxygen atoms in total. The van der Waals surface area contributed by atoms with Crippen LogP contribution in [0.25, 0.3) is 5.69 Å². The van der Waals surface area contributed by atoms with E-state index in [9.17, 15) is 14.4 Å². The van der Waals surface area contributed by atoms with E-state index in [1.807, 2.05) is 11.4 Å². The molecule has 1 aliphatic heterocycles. The maximum Gasteiger partial charge on any atom is 0.414 e. The van der Waals surface area contributed by atoms with Crippen LogP contribution < -0.4 is 15.8 Å². The van der Waals surface area contributed by atoms with Gasteiger partial charge in [0.2, 0.25) is 0 Å². The maximum atomic E-state index is 12.2. The highest BCUT2D eigenvalue weighted by Crippen LogP contribution is 2.22. The van der Waals surface area contributed by atoms with Crippen molar-refractivity contribution in [1.82, 2.24) is 9.88 Å². The van der Waals surface area contributed by atoms with Crippen LogP contribution in [-0.4, -0.2) is 35.8 Å². The third kappa shape index (κ3) is 3.67. The van der Waals surface area contributed by atoms with Crippen molar-refractivity contribution in [3.8, 4) is 5.69 Å². The van der Waals surface area contributed by atoms with Crippen molar-refractivity contribution in [2.75, 3.05) is 18.0 Å². The largest absolute Gasteiger partial charge is 0.442 e. The van der Waals surface area contributed by atoms with Gasteiger partial charge in [-0.25, -0.2) is 4.79 Å². The van der Waals surface area contributed by atoms with Gasteiger partial charge in [0.1, 0.15) is 6.10 Å². The molecule has 1 N–H and O–H groups in total. The van der Waals surface area contributed by atoms with Crippen LogP contribution in [0.15, 0.2) is 71.0 Å². The number of carbonyl (C=O) groups excluding carboxylic acids is 2. The number of rotatable bonds is 5. The average Bonchev–Trinajstić information content (AvgIpc) is 3.37. The number of aromatic nitrogens is 1. The van der Waals surface area contributed by atoms with E-state index >= 15 is 0 Å². The predicted octanol–water partition coefficient (Wildman–Crippen LogP) is 2.65. The van der Waals surface area contributed by atoms with Gasteiger partial charge in [0.25, 0.3) is 11.5 Å². The molecule has 1 unspecified atom stereocenters. The third-order valence-corrected chi connectivity index (χ3v) is 5.24. The van der Waals surface area contributed by atoms with Gasteiger partial charge in [0.15, 0.2) is 0 Å². The van der Waals surface area contributed by atoms with E-state index in [2.05, 4.69) is 5.32 Å². The Labute approximate surface area is 164 Å². The first kappa shape index (κ1) is 18.0. The molecule has 1 fully saturated rings. The van der Waals surface area contributed by atoms with Crippen LogP contribution in [0.4, 0.5) is 10.5 Å². The summed E-state index contributed by atoms with van der Waals surface area (Å²) >= 11 is 1.36. The second-order valence-corrected chi connectivity index (χ2v) is 7.18. The molecule has 8 heteroatoms. The second-order valence-electron chi connectivity index (χ2n) is 6.23. The number of amides is 2. The van der Waals surface area contributed by atoms with Crippen LogP contribution >= 0.6 is 11.3 Å². The molecule has 2 aromatic heterocycles. The Bertz CT molecular complexity index is 1040. The molecular formula is C20H17N3O4S. The number of pyridine rings is 1. The summed E-state index contributed by atoms with van der Waals surface area (Å²) in [6.45, 7) is 0.588. The summed E-state index contributed by atoms with van der Waals surface area (Å²) in [6, 6.07) is 15.6. The third-order valence-electron chi connectivity index (χ3n) is 4.37. The zero-order chi connectivity index (χ0) is 19.5. The molecule has 4 rings (SSSR count). The summed E-state index contributed by atoms with van der Waals surface area (Å²) in [5.41, 5.74) is 1.25. The highest BCUT2D eigenvalue weighted by Gasteiger charge is 2.32. The SMILES string of the molecule is O=C(NCC1CN(c2ccc(-n3ccccc3=O)cc2)C(=O)O1)c1cccs1. The van der Waals surface area contributed by atoms with Crippen LogP contribution in [0.3, 0.4) is 0 Å². The number of benzene rings is 1. The Morgan fingerprint density at radius 2 is 1.86 bits per heavy atom. The number of hydrogen-bond donors (Lipinski definition) is 1. The Morgan fingerprint density at radius 1 is 1.07 bits per heavy atom. The maximum absolute atomic E-state index is 12.2. The lowest BCUT2D eigenvalue weighted by atomic mass is 10.2. The van der Waals surface area contributed by atoms with Gasteiger partial charge in [-0.05, 0) is 41.8 Å². The minimum Gasteiger partial charge on any atom is -0.442 e. The molecule has 0 spiro atoms. The predicted molar refractivity (Wildman–Crippen MR) is 106 cm³/mol. The molecule has 2 amide bonds. The van der Waals surface area contributed by atoms with Crippen molar-refractivity contribution in [3.05, 3.63) is 81.4 Å². The zero-order valence-electron chi connectivity index (χ0n) is 14.8. The molecule has 1 atom stereocenters. The summed E-state index contributed by atoms with van der Waals surface area (Å²) in [5, 5.41) is 4.62. The molecule has 0 bridgehead atoms. The monoisotopic (exact) mass is 395 g/mol. The topological polar surface area (TPSA) is 80.6 Å². The Hall–Kier alpha value is -3.39. The number of nitrogens with zero attached hydrogens (tertiary/aromatic N) is 2. The fraction of sp³-hybridized carbons (Fsp3) is 0.150. The molecule has 0 saturated carbocycles. The van der Waals surface area contributed by atoms with E-state index in [0.29, 0.717) is 22.8 Å². The molecule has 1 aliphatic rings. The normalized spacial score (nSPS) is 16.1. The van der Waals surface area contributed by atoms with E-state index in [4.69, 9.17) is 4.74 Å². The number of hydrogen-bond acceptors (Lipinski definition) is 5. The molecule has 3 heterocycles. The first-order valence-corrected chi connectivity index (χ1v) is 9.58. The first-order chi connectivity index (χ1) is 13.6. The minimum absolute atomic E-state index is 0.127. The number of nitrogens with one attached hydrogen (secondary N) is 1. The second kappa shape index (κ2) is 7.69. The lowest BCUT2D eigenvalue weighted by Crippen LogP contribution is -2.34. The van der Waals surface area contributed by atoms with Crippen LogP contribution in [0.1, 0.15) is 9.67 Å². The molecule has 3 aromatic rings. The molecule has 0 aliphatic carbocycles. The Kier molecular flexibility index (Phi) is 4.94. The number of carbonyl (C=O) groups is 2. The number of cyclic esters (lactones) is 1. The van der Waals surface area contributed by atoms with E-state index in [1.54, 1.807) is 48.7 Å². The van der Waals surface area contributed by atoms with Gasteiger partial charge in [-0.1, -0.05) is 12.1 Å². The fourth-order valence-electron chi connectivity index (χ4n) is 2.97. The first-order valence-electron chi connectivity index (χ1n) is 8.70. The summed E-state index contributed by atoms with van der Waals surface area (Å²) in [4.78, 5) is 38.3. The zero-order valence-corrected chi connectivity index (χ0v) is 15.6. The molecule has 28 heavy (non-hydrogen) atoms. The van der Waals surface area contributed by atoms with Gasteiger partial charge >= 0.3 is 6.09 Å².